The third kappa shape index (κ3) is 5.18. The van der Waals surface area contributed by atoms with Crippen molar-refractivity contribution >= 4 is 47.0 Å². The number of benzene rings is 1. The van der Waals surface area contributed by atoms with E-state index in [2.05, 4.69) is 15.0 Å². The van der Waals surface area contributed by atoms with Gasteiger partial charge < -0.3 is 19.5 Å². The Morgan fingerprint density at radius 3 is 2.48 bits per heavy atom. The topological polar surface area (TPSA) is 115 Å². The summed E-state index contributed by atoms with van der Waals surface area (Å²) < 4.78 is 23.3. The first kappa shape index (κ1) is 25.3. The lowest BCUT2D eigenvalue weighted by atomic mass is 10.1. The molecule has 1 atom stereocenters. The van der Waals surface area contributed by atoms with E-state index in [1.54, 1.807) is 20.4 Å². The van der Waals surface area contributed by atoms with Crippen molar-refractivity contribution in [1.29, 1.82) is 0 Å². The van der Waals surface area contributed by atoms with Crippen molar-refractivity contribution in [3.05, 3.63) is 41.2 Å². The molecule has 0 amide bonds. The van der Waals surface area contributed by atoms with Crippen molar-refractivity contribution in [2.24, 2.45) is 0 Å². The summed E-state index contributed by atoms with van der Waals surface area (Å²) in [5, 5.41) is 0.430. The zero-order chi connectivity index (χ0) is 17.3. The van der Waals surface area contributed by atoms with E-state index in [1.165, 1.54) is 0 Å². The molecule has 27 heavy (non-hydrogen) atoms. The van der Waals surface area contributed by atoms with Crippen LogP contribution >= 0.6 is 24.8 Å². The molecule has 3 aromatic rings. The average molecular weight is 436 g/mol. The summed E-state index contributed by atoms with van der Waals surface area (Å²) in [7, 11) is 3.23. The van der Waals surface area contributed by atoms with Gasteiger partial charge in [-0.15, -0.1) is 24.8 Å². The maximum atomic E-state index is 12.7. The first-order valence-electron chi connectivity index (χ1n) is 7.44. The Morgan fingerprint density at radius 1 is 1.15 bits per heavy atom. The number of imidazole rings is 1. The maximum absolute atomic E-state index is 12.7. The number of rotatable bonds is 5. The molecule has 0 radical (unpaired) electrons. The summed E-state index contributed by atoms with van der Waals surface area (Å²) >= 11 is -1.33. The zero-order valence-electron chi connectivity index (χ0n) is 15.4. The van der Waals surface area contributed by atoms with E-state index < -0.39 is 11.2 Å². The molecule has 0 aliphatic carbocycles. The lowest BCUT2D eigenvalue weighted by Crippen LogP contribution is -2.10. The van der Waals surface area contributed by atoms with E-state index in [0.29, 0.717) is 10.9 Å². The van der Waals surface area contributed by atoms with E-state index in [4.69, 9.17) is 9.47 Å². The summed E-state index contributed by atoms with van der Waals surface area (Å²) in [6.45, 7) is 3.86. The van der Waals surface area contributed by atoms with Gasteiger partial charge in [-0.2, -0.15) is 4.98 Å². The van der Waals surface area contributed by atoms with Crippen LogP contribution in [0.3, 0.4) is 0 Å². The number of hydrogen-bond acceptors (Lipinski definition) is 5. The number of pyridine rings is 1. The minimum absolute atomic E-state index is 0. The Balaban J connectivity index is 0.00000225. The molecule has 0 spiro atoms. The van der Waals surface area contributed by atoms with Gasteiger partial charge in [0.05, 0.1) is 30.9 Å². The predicted molar refractivity (Wildman–Crippen MR) is 111 cm³/mol. The van der Waals surface area contributed by atoms with E-state index in [-0.39, 0.29) is 36.0 Å². The highest BCUT2D eigenvalue weighted by Gasteiger charge is 2.21. The van der Waals surface area contributed by atoms with E-state index in [9.17, 15) is 4.55 Å². The second-order valence-corrected chi connectivity index (χ2v) is 6.83. The van der Waals surface area contributed by atoms with Crippen LogP contribution in [0.4, 0.5) is 0 Å². The molecule has 0 aliphatic heterocycles. The van der Waals surface area contributed by atoms with Crippen molar-refractivity contribution in [1.82, 2.24) is 15.0 Å². The molecule has 0 aliphatic rings. The summed E-state index contributed by atoms with van der Waals surface area (Å²) in [4.78, 5) is 11.9. The van der Waals surface area contributed by atoms with Crippen molar-refractivity contribution < 1.29 is 19.5 Å². The summed E-state index contributed by atoms with van der Waals surface area (Å²) in [6.07, 6.45) is 1.74. The summed E-state index contributed by atoms with van der Waals surface area (Å²) in [6, 6.07) is 5.51. The molecule has 2 aromatic heterocycles. The molecule has 1 aromatic carbocycles. The number of aryl methyl sites for hydroxylation is 1. The SMILES string of the molecule is COc1ccc2[nH]c([S+]([O-])Cc3ncc(C)c(OC)c3C)nc2c1.Cl.Cl.O. The molecular formula is C17H23Cl2N3O4S. The lowest BCUT2D eigenvalue weighted by molar-refractivity contribution is 0.407. The largest absolute Gasteiger partial charge is 0.609 e. The molecule has 0 bridgehead atoms. The van der Waals surface area contributed by atoms with E-state index >= 15 is 0 Å². The second kappa shape index (κ2) is 10.6. The molecule has 7 nitrogen and oxygen atoms in total. The molecule has 3 N–H and O–H groups in total. The number of nitrogens with zero attached hydrogens (tertiary/aromatic N) is 2. The number of aromatic amines is 1. The van der Waals surface area contributed by atoms with E-state index in [1.807, 2.05) is 32.0 Å². The Labute approximate surface area is 173 Å². The number of nitrogens with one attached hydrogen (secondary N) is 1. The number of halogens is 2. The Morgan fingerprint density at radius 2 is 1.85 bits per heavy atom. The number of aromatic nitrogens is 3. The van der Waals surface area contributed by atoms with Crippen LogP contribution in [0.15, 0.2) is 29.6 Å². The molecule has 0 saturated carbocycles. The molecule has 3 rings (SSSR count). The second-order valence-electron chi connectivity index (χ2n) is 5.46. The van der Waals surface area contributed by atoms with Crippen molar-refractivity contribution in [3.8, 4) is 11.5 Å². The summed E-state index contributed by atoms with van der Waals surface area (Å²) in [5.74, 6) is 1.78. The van der Waals surface area contributed by atoms with Crippen LogP contribution in [-0.4, -0.2) is 39.2 Å². The Kier molecular flexibility index (Phi) is 9.91. The number of hydrogen-bond donors (Lipinski definition) is 1. The Hall–Kier alpha value is -1.71. The van der Waals surface area contributed by atoms with Crippen molar-refractivity contribution in [2.45, 2.75) is 24.8 Å². The number of H-pyrrole nitrogens is 1. The fourth-order valence-electron chi connectivity index (χ4n) is 2.61. The lowest BCUT2D eigenvalue weighted by Gasteiger charge is -2.13. The quantitative estimate of drug-likeness (QED) is 0.618. The van der Waals surface area contributed by atoms with Crippen molar-refractivity contribution in [3.63, 3.8) is 0 Å². The van der Waals surface area contributed by atoms with Crippen LogP contribution in [-0.2, 0) is 16.9 Å². The average Bonchev–Trinajstić information content (AvgIpc) is 3.01. The smallest absolute Gasteiger partial charge is 0.322 e. The van der Waals surface area contributed by atoms with Gasteiger partial charge in [0.15, 0.2) is 5.75 Å². The van der Waals surface area contributed by atoms with Gasteiger partial charge in [-0.05, 0) is 26.0 Å². The number of ether oxygens (including phenoxy) is 2. The van der Waals surface area contributed by atoms with Crippen molar-refractivity contribution in [2.75, 3.05) is 14.2 Å². The zero-order valence-corrected chi connectivity index (χ0v) is 17.8. The van der Waals surface area contributed by atoms with Crippen LogP contribution in [0.5, 0.6) is 11.5 Å². The fourth-order valence-corrected chi connectivity index (χ4v) is 3.71. The van der Waals surface area contributed by atoms with Gasteiger partial charge in [-0.1, -0.05) is 0 Å². The van der Waals surface area contributed by atoms with Gasteiger partial charge in [-0.25, -0.2) is 0 Å². The highest BCUT2D eigenvalue weighted by atomic mass is 35.5. The predicted octanol–water partition coefficient (Wildman–Crippen LogP) is 2.92. The molecule has 2 heterocycles. The van der Waals surface area contributed by atoms with E-state index in [0.717, 1.165) is 33.6 Å². The Bertz CT molecular complexity index is 892. The van der Waals surface area contributed by atoms with Crippen LogP contribution in [0.1, 0.15) is 16.8 Å². The monoisotopic (exact) mass is 435 g/mol. The molecule has 0 fully saturated rings. The highest BCUT2D eigenvalue weighted by molar-refractivity contribution is 7.90. The van der Waals surface area contributed by atoms with Gasteiger partial charge in [-0.3, -0.25) is 9.97 Å². The first-order valence-corrected chi connectivity index (χ1v) is 8.76. The van der Waals surface area contributed by atoms with Crippen LogP contribution in [0.2, 0.25) is 0 Å². The minimum atomic E-state index is -1.33. The minimum Gasteiger partial charge on any atom is -0.609 e. The van der Waals surface area contributed by atoms with Gasteiger partial charge in [0.25, 0.3) is 0 Å². The molecule has 0 saturated heterocycles. The molecular weight excluding hydrogens is 413 g/mol. The maximum Gasteiger partial charge on any atom is 0.322 e. The van der Waals surface area contributed by atoms with Crippen LogP contribution < -0.4 is 9.47 Å². The molecule has 150 valence electrons. The first-order chi connectivity index (χ1) is 11.5. The van der Waals surface area contributed by atoms with Gasteiger partial charge in [0.1, 0.15) is 11.5 Å². The number of fused-ring (bicyclic) bond motifs is 1. The van der Waals surface area contributed by atoms with Gasteiger partial charge in [0, 0.05) is 34.6 Å². The third-order valence-corrected chi connectivity index (χ3v) is 5.06. The molecule has 10 heteroatoms. The van der Waals surface area contributed by atoms with Crippen LogP contribution in [0.25, 0.3) is 11.0 Å². The standard InChI is InChI=1S/C17H19N3O3S.2ClH.H2O/c1-10-8-18-15(11(2)16(10)23-4)9-24(21)17-19-13-6-5-12(22-3)7-14(13)20-17;;;/h5-8H,9H2,1-4H3,(H,19,20);2*1H;1H2. The summed E-state index contributed by atoms with van der Waals surface area (Å²) in [5.41, 5.74) is 4.16. The van der Waals surface area contributed by atoms with Crippen LogP contribution in [0, 0.1) is 13.8 Å². The van der Waals surface area contributed by atoms with Gasteiger partial charge in [0.2, 0.25) is 0 Å². The highest BCUT2D eigenvalue weighted by Crippen LogP contribution is 2.27. The molecule has 1 unspecified atom stereocenters. The fraction of sp³-hybridized carbons (Fsp3) is 0.294. The normalized spacial score (nSPS) is 11.0. The number of methoxy groups -OCH3 is 2. The van der Waals surface area contributed by atoms with Gasteiger partial charge >= 0.3 is 5.16 Å². The third-order valence-electron chi connectivity index (χ3n) is 3.90.